The number of fused-ring (bicyclic) bond motifs is 6. The van der Waals surface area contributed by atoms with Gasteiger partial charge in [0, 0.05) is 39.6 Å². The molecule has 0 bridgehead atoms. The Hall–Kier alpha value is -4.98. The predicted octanol–water partition coefficient (Wildman–Crippen LogP) is 8.45. The summed E-state index contributed by atoms with van der Waals surface area (Å²) >= 11 is 6.98. The van der Waals surface area contributed by atoms with Crippen LogP contribution in [0.15, 0.2) is 75.3 Å². The molecule has 4 aliphatic heterocycles. The van der Waals surface area contributed by atoms with E-state index in [2.05, 4.69) is 51.0 Å². The van der Waals surface area contributed by atoms with E-state index in [9.17, 15) is 9.59 Å². The second kappa shape index (κ2) is 14.3. The molecule has 10 nitrogen and oxygen atoms in total. The zero-order valence-corrected chi connectivity index (χ0v) is 32.8. The summed E-state index contributed by atoms with van der Waals surface area (Å²) in [4.78, 5) is 43.3. The number of alkyl halides is 1. The minimum absolute atomic E-state index is 0.0662. The van der Waals surface area contributed by atoms with Crippen LogP contribution in [0.2, 0.25) is 0 Å². The van der Waals surface area contributed by atoms with E-state index in [0.717, 1.165) is 29.5 Å². The molecule has 6 heterocycles. The molecule has 0 spiro atoms. The standard InChI is InChI=1S/C41H35BrN4O6S2/c1-49-34-12-30-32(43-17-28-10-26-3-5-53-38(26)19-45(28)40(30)47)14-36(34)51-21-24-7-23(16-42)8-25(9-24)22-52-37-15-33-31(13-35(37)50-2)41(48)46-20-39-27(4-6-54-39)11-29(46)18-44-33/h3-9,12-15,17-18,28-29H,10-11,16,19-22H2,1-2H3/t28-,29-/m0/s1. The van der Waals surface area contributed by atoms with Crippen LogP contribution in [0.5, 0.6) is 23.0 Å². The molecule has 0 fully saturated rings. The molecule has 9 rings (SSSR count). The highest BCUT2D eigenvalue weighted by Gasteiger charge is 2.35. The Kier molecular flexibility index (Phi) is 9.24. The quantitative estimate of drug-likeness (QED) is 0.138. The van der Waals surface area contributed by atoms with Gasteiger partial charge in [-0.3, -0.25) is 19.6 Å². The summed E-state index contributed by atoms with van der Waals surface area (Å²) < 4.78 is 24.2. The fraction of sp³-hybridized carbons (Fsp3) is 0.268. The van der Waals surface area contributed by atoms with Crippen LogP contribution in [0, 0.1) is 0 Å². The molecule has 13 heteroatoms. The molecule has 0 saturated heterocycles. The van der Waals surface area contributed by atoms with Crippen LogP contribution in [-0.2, 0) is 44.5 Å². The highest BCUT2D eigenvalue weighted by atomic mass is 79.9. The Morgan fingerprint density at radius 1 is 0.667 bits per heavy atom. The maximum absolute atomic E-state index is 13.8. The predicted molar refractivity (Wildman–Crippen MR) is 213 cm³/mol. The number of benzene rings is 3. The molecule has 5 aromatic rings. The molecule has 4 aliphatic rings. The van der Waals surface area contributed by atoms with E-state index in [0.29, 0.717) is 63.9 Å². The number of carbonyl (C=O) groups excluding carboxylic acids is 2. The summed E-state index contributed by atoms with van der Waals surface area (Å²) in [6.07, 6.45) is 5.25. The first-order chi connectivity index (χ1) is 26.4. The number of carbonyl (C=O) groups is 2. The van der Waals surface area contributed by atoms with Crippen molar-refractivity contribution in [2.45, 2.75) is 56.6 Å². The van der Waals surface area contributed by atoms with E-state index in [1.54, 1.807) is 61.2 Å². The number of rotatable bonds is 9. The van der Waals surface area contributed by atoms with Crippen molar-refractivity contribution in [1.29, 1.82) is 0 Å². The number of amides is 2. The Morgan fingerprint density at radius 2 is 1.13 bits per heavy atom. The minimum Gasteiger partial charge on any atom is -0.493 e. The van der Waals surface area contributed by atoms with Crippen LogP contribution < -0.4 is 18.9 Å². The molecule has 2 amide bonds. The smallest absolute Gasteiger partial charge is 0.257 e. The van der Waals surface area contributed by atoms with Crippen LogP contribution in [0.4, 0.5) is 11.4 Å². The Morgan fingerprint density at radius 3 is 1.57 bits per heavy atom. The first-order valence-electron chi connectivity index (χ1n) is 17.6. The van der Waals surface area contributed by atoms with E-state index >= 15 is 0 Å². The monoisotopic (exact) mass is 822 g/mol. The first kappa shape index (κ1) is 34.8. The summed E-state index contributed by atoms with van der Waals surface area (Å²) in [6, 6.07) is 17.3. The molecule has 0 aliphatic carbocycles. The van der Waals surface area contributed by atoms with Gasteiger partial charge in [0.25, 0.3) is 11.8 Å². The van der Waals surface area contributed by atoms with Crippen molar-refractivity contribution in [1.82, 2.24) is 9.80 Å². The average Bonchev–Trinajstić information content (AvgIpc) is 3.82. The summed E-state index contributed by atoms with van der Waals surface area (Å²) in [5, 5.41) is 4.80. The van der Waals surface area contributed by atoms with Crippen LogP contribution >= 0.6 is 38.6 Å². The lowest BCUT2D eigenvalue weighted by atomic mass is 10.0. The lowest BCUT2D eigenvalue weighted by Gasteiger charge is -2.32. The van der Waals surface area contributed by atoms with Crippen molar-refractivity contribution >= 4 is 74.2 Å². The third-order valence-corrected chi connectivity index (χ3v) is 12.9. The van der Waals surface area contributed by atoms with Gasteiger partial charge < -0.3 is 28.7 Å². The lowest BCUT2D eigenvalue weighted by molar-refractivity contribution is 0.0698. The van der Waals surface area contributed by atoms with Gasteiger partial charge >= 0.3 is 0 Å². The lowest BCUT2D eigenvalue weighted by Crippen LogP contribution is -2.43. The fourth-order valence-corrected chi connectivity index (χ4v) is 9.70. The Bertz CT molecular complexity index is 2210. The first-order valence-corrected chi connectivity index (χ1v) is 20.4. The van der Waals surface area contributed by atoms with Crippen LogP contribution in [-0.4, -0.2) is 60.3 Å². The van der Waals surface area contributed by atoms with E-state index < -0.39 is 0 Å². The summed E-state index contributed by atoms with van der Waals surface area (Å²) in [6.45, 7) is 1.64. The molecule has 2 aromatic heterocycles. The van der Waals surface area contributed by atoms with Gasteiger partial charge in [0.05, 0.1) is 61.9 Å². The highest BCUT2D eigenvalue weighted by molar-refractivity contribution is 9.08. The third kappa shape index (κ3) is 6.37. The molecule has 0 N–H and O–H groups in total. The van der Waals surface area contributed by atoms with Crippen LogP contribution in [0.1, 0.15) is 58.3 Å². The molecule has 274 valence electrons. The zero-order valence-electron chi connectivity index (χ0n) is 29.5. The van der Waals surface area contributed by atoms with Gasteiger partial charge in [-0.15, -0.1) is 22.7 Å². The van der Waals surface area contributed by atoms with E-state index in [1.165, 1.54) is 20.9 Å². The molecule has 0 unspecified atom stereocenters. The van der Waals surface area contributed by atoms with Crippen molar-refractivity contribution < 1.29 is 28.5 Å². The number of methoxy groups -OCH3 is 2. The van der Waals surface area contributed by atoms with Gasteiger partial charge in [0.15, 0.2) is 23.0 Å². The van der Waals surface area contributed by atoms with Crippen molar-refractivity contribution in [2.75, 3.05) is 14.2 Å². The van der Waals surface area contributed by atoms with Gasteiger partial charge in [-0.25, -0.2) is 0 Å². The molecular formula is C41H35BrN4O6S2. The third-order valence-electron chi connectivity index (χ3n) is 10.3. The topological polar surface area (TPSA) is 102 Å². The molecule has 0 saturated carbocycles. The van der Waals surface area contributed by atoms with Crippen molar-refractivity contribution in [2.24, 2.45) is 9.98 Å². The number of ether oxygens (including phenoxy) is 4. The van der Waals surface area contributed by atoms with Gasteiger partial charge in [0.2, 0.25) is 0 Å². The number of thiophene rings is 2. The van der Waals surface area contributed by atoms with Gasteiger partial charge in [-0.1, -0.05) is 28.1 Å². The largest absolute Gasteiger partial charge is 0.493 e. The van der Waals surface area contributed by atoms with Crippen molar-refractivity contribution in [3.8, 4) is 23.0 Å². The normalized spacial score (nSPS) is 18.1. The number of aliphatic imine (C=N–C) groups is 2. The van der Waals surface area contributed by atoms with E-state index in [1.807, 2.05) is 28.3 Å². The Balaban J connectivity index is 0.926. The molecular weight excluding hydrogens is 789 g/mol. The van der Waals surface area contributed by atoms with Gasteiger partial charge in [0.1, 0.15) is 13.2 Å². The fourth-order valence-electron chi connectivity index (χ4n) is 7.55. The number of halogens is 1. The molecule has 2 atom stereocenters. The SMILES string of the molecule is COc1cc2c(cc1OCc1cc(CBr)cc(COc3cc4c(cc3OC)C(=O)N3Cc5sccc5C[C@H]3C=N4)c1)N=C[C@@H]1Cc3ccsc3CN1C2=O. The van der Waals surface area contributed by atoms with Gasteiger partial charge in [-0.2, -0.15) is 0 Å². The van der Waals surface area contributed by atoms with E-state index in [4.69, 9.17) is 28.9 Å². The summed E-state index contributed by atoms with van der Waals surface area (Å²) in [7, 11) is 3.15. The van der Waals surface area contributed by atoms with Crippen LogP contribution in [0.25, 0.3) is 0 Å². The summed E-state index contributed by atoms with van der Waals surface area (Å²) in [5.41, 5.74) is 7.58. The average molecular weight is 824 g/mol. The number of nitrogens with zero attached hydrogens (tertiary/aromatic N) is 4. The number of hydrogen-bond acceptors (Lipinski definition) is 10. The maximum atomic E-state index is 13.8. The molecule has 3 aromatic carbocycles. The highest BCUT2D eigenvalue weighted by Crippen LogP contribution is 2.41. The molecule has 0 radical (unpaired) electrons. The second-order valence-electron chi connectivity index (χ2n) is 13.6. The van der Waals surface area contributed by atoms with Crippen molar-refractivity contribution in [3.63, 3.8) is 0 Å². The second-order valence-corrected chi connectivity index (χ2v) is 16.2. The number of hydrogen-bond donors (Lipinski definition) is 0. The summed E-state index contributed by atoms with van der Waals surface area (Å²) in [5.74, 6) is 1.80. The molecule has 54 heavy (non-hydrogen) atoms. The maximum Gasteiger partial charge on any atom is 0.257 e. The zero-order chi connectivity index (χ0) is 36.9. The van der Waals surface area contributed by atoms with Crippen molar-refractivity contribution in [3.05, 3.63) is 114 Å². The van der Waals surface area contributed by atoms with Gasteiger partial charge in [-0.05, 0) is 81.8 Å². The minimum atomic E-state index is -0.103. The van der Waals surface area contributed by atoms with E-state index in [-0.39, 0.29) is 37.1 Å². The van der Waals surface area contributed by atoms with Crippen LogP contribution in [0.3, 0.4) is 0 Å². The Labute approximate surface area is 328 Å².